The summed E-state index contributed by atoms with van der Waals surface area (Å²) in [5, 5.41) is 21.6. The van der Waals surface area contributed by atoms with Crippen molar-refractivity contribution >= 4 is 17.4 Å². The van der Waals surface area contributed by atoms with Crippen molar-refractivity contribution in [2.24, 2.45) is 0 Å². The van der Waals surface area contributed by atoms with Crippen molar-refractivity contribution in [3.05, 3.63) is 58.7 Å². The number of benzene rings is 2. The number of phenols is 1. The summed E-state index contributed by atoms with van der Waals surface area (Å²) in [6.07, 6.45) is 0. The van der Waals surface area contributed by atoms with E-state index in [4.69, 9.17) is 14.2 Å². The van der Waals surface area contributed by atoms with Gasteiger partial charge < -0.3 is 29.3 Å². The molecule has 182 valence electrons. The summed E-state index contributed by atoms with van der Waals surface area (Å²) in [5.74, 6) is -0.906. The Labute approximate surface area is 199 Å². The molecular formula is C26H31NO7. The zero-order valence-electron chi connectivity index (χ0n) is 20.1. The highest BCUT2D eigenvalue weighted by atomic mass is 16.5. The molecule has 0 spiro atoms. The van der Waals surface area contributed by atoms with Crippen LogP contribution in [0.2, 0.25) is 0 Å². The molecule has 1 unspecified atom stereocenters. The summed E-state index contributed by atoms with van der Waals surface area (Å²) in [6.45, 7) is 6.74. The van der Waals surface area contributed by atoms with Crippen molar-refractivity contribution in [3.8, 4) is 17.2 Å². The summed E-state index contributed by atoms with van der Waals surface area (Å²) in [7, 11) is 2.93. The fourth-order valence-electron chi connectivity index (χ4n) is 4.11. The van der Waals surface area contributed by atoms with Crippen LogP contribution in [0.15, 0.2) is 42.0 Å². The number of carbonyl (C=O) groups excluding carboxylic acids is 2. The first-order valence-corrected chi connectivity index (χ1v) is 11.2. The van der Waals surface area contributed by atoms with Gasteiger partial charge in [-0.05, 0) is 54.3 Å². The molecule has 8 heteroatoms. The summed E-state index contributed by atoms with van der Waals surface area (Å²) >= 11 is 0. The number of phenolic OH excluding ortho intramolecular Hbond substituents is 1. The third kappa shape index (κ3) is 4.72. The van der Waals surface area contributed by atoms with Crippen molar-refractivity contribution in [2.75, 3.05) is 34.0 Å². The van der Waals surface area contributed by atoms with Gasteiger partial charge in [-0.3, -0.25) is 9.59 Å². The predicted molar refractivity (Wildman–Crippen MR) is 127 cm³/mol. The number of aliphatic hydroxyl groups excluding tert-OH is 1. The minimum Gasteiger partial charge on any atom is -0.507 e. The maximum absolute atomic E-state index is 13.1. The minimum atomic E-state index is -0.902. The van der Waals surface area contributed by atoms with Crippen molar-refractivity contribution in [2.45, 2.75) is 32.7 Å². The highest BCUT2D eigenvalue weighted by Crippen LogP contribution is 2.42. The van der Waals surface area contributed by atoms with E-state index < -0.39 is 17.7 Å². The summed E-state index contributed by atoms with van der Waals surface area (Å²) in [5.41, 5.74) is 1.69. The average molecular weight is 470 g/mol. The van der Waals surface area contributed by atoms with Crippen LogP contribution in [0.3, 0.4) is 0 Å². The third-order valence-electron chi connectivity index (χ3n) is 5.80. The van der Waals surface area contributed by atoms with E-state index in [1.54, 1.807) is 30.3 Å². The number of hydrogen-bond acceptors (Lipinski definition) is 7. The average Bonchev–Trinajstić information content (AvgIpc) is 3.07. The van der Waals surface area contributed by atoms with Crippen molar-refractivity contribution in [1.29, 1.82) is 0 Å². The van der Waals surface area contributed by atoms with Gasteiger partial charge in [-0.2, -0.15) is 0 Å². The molecule has 1 amide bonds. The molecule has 1 aliphatic rings. The molecule has 1 aliphatic heterocycles. The molecule has 3 rings (SSSR count). The highest BCUT2D eigenvalue weighted by molar-refractivity contribution is 6.46. The quantitative estimate of drug-likeness (QED) is 0.325. The Kier molecular flexibility index (Phi) is 7.83. The van der Waals surface area contributed by atoms with Crippen LogP contribution >= 0.6 is 0 Å². The van der Waals surface area contributed by atoms with Gasteiger partial charge in [-0.25, -0.2) is 0 Å². The summed E-state index contributed by atoms with van der Waals surface area (Å²) in [4.78, 5) is 27.4. The topological polar surface area (TPSA) is 106 Å². The van der Waals surface area contributed by atoms with E-state index >= 15 is 0 Å². The number of carbonyl (C=O) groups is 2. The fourth-order valence-corrected chi connectivity index (χ4v) is 4.11. The molecule has 2 N–H and O–H groups in total. The van der Waals surface area contributed by atoms with Crippen LogP contribution in [0.4, 0.5) is 0 Å². The number of ether oxygens (including phenoxy) is 3. The number of amides is 1. The summed E-state index contributed by atoms with van der Waals surface area (Å²) < 4.78 is 15.9. The third-order valence-corrected chi connectivity index (χ3v) is 5.80. The largest absolute Gasteiger partial charge is 0.507 e. The number of nitrogens with zero attached hydrogens (tertiary/aromatic N) is 1. The monoisotopic (exact) mass is 469 g/mol. The van der Waals surface area contributed by atoms with Crippen LogP contribution in [-0.2, 0) is 14.3 Å². The van der Waals surface area contributed by atoms with Crippen LogP contribution in [0.5, 0.6) is 17.2 Å². The van der Waals surface area contributed by atoms with Gasteiger partial charge in [0.2, 0.25) is 0 Å². The van der Waals surface area contributed by atoms with Gasteiger partial charge >= 0.3 is 0 Å². The van der Waals surface area contributed by atoms with E-state index in [1.165, 1.54) is 25.2 Å². The molecule has 1 fully saturated rings. The van der Waals surface area contributed by atoms with E-state index in [1.807, 2.05) is 20.8 Å². The molecule has 1 heterocycles. The Morgan fingerprint density at radius 1 is 1.09 bits per heavy atom. The number of aliphatic hydroxyl groups is 1. The van der Waals surface area contributed by atoms with Gasteiger partial charge in [0.1, 0.15) is 11.5 Å². The molecule has 2 aromatic rings. The fraction of sp³-hybridized carbons (Fsp3) is 0.385. The zero-order chi connectivity index (χ0) is 25.0. The molecule has 0 saturated carbocycles. The standard InChI is InChI=1S/C26H31NO7/c1-6-34-20-9-8-17(13-18(20)15(2)3)24(29)22-23(16-7-10-21(33-5)19(28)14-16)27(11-12-32-4)26(31)25(22)30/h7-10,13-15,23,28-29H,6,11-12H2,1-5H3/b24-22-. The molecule has 0 aliphatic carbocycles. The molecule has 8 nitrogen and oxygen atoms in total. The van der Waals surface area contributed by atoms with Crippen LogP contribution < -0.4 is 9.47 Å². The first-order valence-electron chi connectivity index (χ1n) is 11.2. The maximum Gasteiger partial charge on any atom is 0.295 e. The lowest BCUT2D eigenvalue weighted by atomic mass is 9.93. The Morgan fingerprint density at radius 2 is 1.79 bits per heavy atom. The van der Waals surface area contributed by atoms with Gasteiger partial charge in [-0.1, -0.05) is 19.9 Å². The Balaban J connectivity index is 2.19. The van der Waals surface area contributed by atoms with Crippen LogP contribution in [-0.4, -0.2) is 60.8 Å². The Bertz CT molecular complexity index is 1110. The van der Waals surface area contributed by atoms with Crippen molar-refractivity contribution in [1.82, 2.24) is 4.90 Å². The van der Waals surface area contributed by atoms with Gasteiger partial charge in [0, 0.05) is 19.2 Å². The number of methoxy groups -OCH3 is 2. The Morgan fingerprint density at radius 3 is 2.38 bits per heavy atom. The second-order valence-electron chi connectivity index (χ2n) is 8.26. The number of ketones is 1. The lowest BCUT2D eigenvalue weighted by Crippen LogP contribution is -2.32. The van der Waals surface area contributed by atoms with Gasteiger partial charge in [0.25, 0.3) is 11.7 Å². The lowest BCUT2D eigenvalue weighted by molar-refractivity contribution is -0.140. The SMILES string of the molecule is CCOc1ccc(/C(O)=C2/C(=O)C(=O)N(CCOC)C2c2ccc(OC)c(O)c2)cc1C(C)C. The van der Waals surface area contributed by atoms with Crippen LogP contribution in [0.1, 0.15) is 49.4 Å². The molecule has 0 bridgehead atoms. The van der Waals surface area contributed by atoms with E-state index in [-0.39, 0.29) is 41.9 Å². The maximum atomic E-state index is 13.1. The van der Waals surface area contributed by atoms with Gasteiger partial charge in [0.05, 0.1) is 31.9 Å². The number of Topliss-reactive ketones (excluding diaryl/α,β-unsaturated/α-hetero) is 1. The smallest absolute Gasteiger partial charge is 0.295 e. The summed E-state index contributed by atoms with van der Waals surface area (Å²) in [6, 6.07) is 8.92. The van der Waals surface area contributed by atoms with E-state index in [0.717, 1.165) is 5.56 Å². The van der Waals surface area contributed by atoms with E-state index in [9.17, 15) is 19.8 Å². The first kappa shape index (κ1) is 25.1. The van der Waals surface area contributed by atoms with E-state index in [0.29, 0.717) is 23.5 Å². The number of aromatic hydroxyl groups is 1. The molecule has 1 saturated heterocycles. The molecule has 0 radical (unpaired) electrons. The van der Waals surface area contributed by atoms with Crippen molar-refractivity contribution < 1.29 is 34.0 Å². The van der Waals surface area contributed by atoms with Crippen LogP contribution in [0.25, 0.3) is 5.76 Å². The lowest BCUT2D eigenvalue weighted by Gasteiger charge is -2.25. The minimum absolute atomic E-state index is 0.0514. The number of likely N-dealkylation sites (tertiary alicyclic amines) is 1. The van der Waals surface area contributed by atoms with Gasteiger partial charge in [0.15, 0.2) is 11.5 Å². The zero-order valence-corrected chi connectivity index (χ0v) is 20.1. The molecule has 0 aromatic heterocycles. The number of hydrogen-bond donors (Lipinski definition) is 2. The van der Waals surface area contributed by atoms with Crippen molar-refractivity contribution in [3.63, 3.8) is 0 Å². The highest BCUT2D eigenvalue weighted by Gasteiger charge is 2.46. The molecule has 2 aromatic carbocycles. The van der Waals surface area contributed by atoms with Crippen LogP contribution in [0, 0.1) is 0 Å². The molecule has 34 heavy (non-hydrogen) atoms. The molecular weight excluding hydrogens is 438 g/mol. The molecule has 1 atom stereocenters. The van der Waals surface area contributed by atoms with E-state index in [2.05, 4.69) is 0 Å². The second-order valence-corrected chi connectivity index (χ2v) is 8.26. The van der Waals surface area contributed by atoms with Gasteiger partial charge in [-0.15, -0.1) is 0 Å². The predicted octanol–water partition coefficient (Wildman–Crippen LogP) is 3.99. The second kappa shape index (κ2) is 10.6. The first-order chi connectivity index (χ1) is 16.2. The normalized spacial score (nSPS) is 17.5. The Hall–Kier alpha value is -3.52. The number of rotatable bonds is 9.